The summed E-state index contributed by atoms with van der Waals surface area (Å²) >= 11 is 1.19. The average molecular weight is 257 g/mol. The van der Waals surface area contributed by atoms with E-state index < -0.39 is 6.10 Å². The molecule has 0 aromatic carbocycles. The number of rotatable bonds is 4. The van der Waals surface area contributed by atoms with Gasteiger partial charge in [-0.3, -0.25) is 9.59 Å². The maximum atomic E-state index is 11.8. The largest absolute Gasteiger partial charge is 0.392 e. The topological polar surface area (TPSA) is 82.5 Å². The minimum atomic E-state index is -0.586. The molecule has 0 aliphatic rings. The van der Waals surface area contributed by atoms with Gasteiger partial charge in [-0.05, 0) is 6.92 Å². The summed E-state index contributed by atoms with van der Waals surface area (Å²) in [5.74, 6) is -0.505. The van der Waals surface area contributed by atoms with E-state index in [1.54, 1.807) is 19.4 Å². The molecule has 1 atom stereocenters. The maximum Gasteiger partial charge on any atom is 0.273 e. The first-order valence-corrected chi connectivity index (χ1v) is 5.94. The molecular weight excluding hydrogens is 242 g/mol. The van der Waals surface area contributed by atoms with Crippen LogP contribution in [0, 0.1) is 0 Å². The lowest BCUT2D eigenvalue weighted by atomic mass is 10.3. The van der Waals surface area contributed by atoms with Gasteiger partial charge in [0.25, 0.3) is 5.91 Å². The Hall–Kier alpha value is -1.47. The normalized spacial score (nSPS) is 12.0. The van der Waals surface area contributed by atoms with Crippen LogP contribution in [0.15, 0.2) is 5.38 Å². The highest BCUT2D eigenvalue weighted by molar-refractivity contribution is 7.14. The van der Waals surface area contributed by atoms with E-state index in [1.165, 1.54) is 23.2 Å². The van der Waals surface area contributed by atoms with Crippen LogP contribution in [-0.4, -0.2) is 46.5 Å². The van der Waals surface area contributed by atoms with E-state index in [-0.39, 0.29) is 24.1 Å². The van der Waals surface area contributed by atoms with E-state index >= 15 is 0 Å². The summed E-state index contributed by atoms with van der Waals surface area (Å²) in [6, 6.07) is 0. The van der Waals surface area contributed by atoms with Crippen molar-refractivity contribution < 1.29 is 14.7 Å². The van der Waals surface area contributed by atoms with Gasteiger partial charge in [0.15, 0.2) is 5.13 Å². The van der Waals surface area contributed by atoms with Crippen LogP contribution in [0.4, 0.5) is 5.13 Å². The number of amides is 2. The van der Waals surface area contributed by atoms with E-state index in [2.05, 4.69) is 10.3 Å². The third-order valence-corrected chi connectivity index (χ3v) is 2.65. The number of hydrogen-bond donors (Lipinski definition) is 2. The highest BCUT2D eigenvalue weighted by Gasteiger charge is 2.16. The molecule has 6 nitrogen and oxygen atoms in total. The molecule has 1 heterocycles. The standard InChI is InChI=1S/C10H15N3O3S/c1-6(14)4-13(3)9(16)8-5-17-10(12-8)11-7(2)15/h5-6,14H,4H2,1-3H3,(H,11,12,15). The molecule has 0 aliphatic heterocycles. The van der Waals surface area contributed by atoms with Gasteiger partial charge in [0.2, 0.25) is 5.91 Å². The third kappa shape index (κ3) is 4.12. The molecule has 0 saturated heterocycles. The molecule has 2 N–H and O–H groups in total. The molecule has 0 radical (unpaired) electrons. The molecule has 94 valence electrons. The molecular formula is C10H15N3O3S. The van der Waals surface area contributed by atoms with Gasteiger partial charge in [-0.1, -0.05) is 0 Å². The van der Waals surface area contributed by atoms with Crippen LogP contribution in [0.25, 0.3) is 0 Å². The number of nitrogens with zero attached hydrogens (tertiary/aromatic N) is 2. The van der Waals surface area contributed by atoms with E-state index in [1.807, 2.05) is 0 Å². The minimum absolute atomic E-state index is 0.226. The maximum absolute atomic E-state index is 11.8. The first-order valence-electron chi connectivity index (χ1n) is 5.06. The van der Waals surface area contributed by atoms with Crippen molar-refractivity contribution in [3.8, 4) is 0 Å². The second kappa shape index (κ2) is 5.74. The van der Waals surface area contributed by atoms with Crippen LogP contribution in [-0.2, 0) is 4.79 Å². The first-order chi connectivity index (χ1) is 7.90. The monoisotopic (exact) mass is 257 g/mol. The van der Waals surface area contributed by atoms with Gasteiger partial charge in [-0.15, -0.1) is 11.3 Å². The van der Waals surface area contributed by atoms with Gasteiger partial charge < -0.3 is 15.3 Å². The molecule has 0 bridgehead atoms. The summed E-state index contributed by atoms with van der Waals surface area (Å²) in [6.45, 7) is 3.22. The molecule has 0 aliphatic carbocycles. The van der Waals surface area contributed by atoms with Crippen molar-refractivity contribution in [1.29, 1.82) is 0 Å². The zero-order valence-electron chi connectivity index (χ0n) is 9.93. The van der Waals surface area contributed by atoms with Gasteiger partial charge in [0.05, 0.1) is 6.10 Å². The molecule has 17 heavy (non-hydrogen) atoms. The Bertz CT molecular complexity index is 417. The number of nitrogens with one attached hydrogen (secondary N) is 1. The lowest BCUT2D eigenvalue weighted by Gasteiger charge is -2.17. The number of aromatic nitrogens is 1. The van der Waals surface area contributed by atoms with Crippen molar-refractivity contribution in [2.24, 2.45) is 0 Å². The lowest BCUT2D eigenvalue weighted by Crippen LogP contribution is -2.33. The van der Waals surface area contributed by atoms with Crippen molar-refractivity contribution in [3.63, 3.8) is 0 Å². The Labute approximate surface area is 103 Å². The van der Waals surface area contributed by atoms with Gasteiger partial charge >= 0.3 is 0 Å². The van der Waals surface area contributed by atoms with Gasteiger partial charge in [0.1, 0.15) is 5.69 Å². The van der Waals surface area contributed by atoms with Crippen molar-refractivity contribution in [3.05, 3.63) is 11.1 Å². The molecule has 1 aromatic rings. The minimum Gasteiger partial charge on any atom is -0.392 e. The average Bonchev–Trinajstić information content (AvgIpc) is 2.62. The Morgan fingerprint density at radius 1 is 1.65 bits per heavy atom. The number of carbonyl (C=O) groups is 2. The fraction of sp³-hybridized carbons (Fsp3) is 0.500. The Morgan fingerprint density at radius 3 is 2.82 bits per heavy atom. The summed E-state index contributed by atoms with van der Waals surface area (Å²) in [6.07, 6.45) is -0.586. The smallest absolute Gasteiger partial charge is 0.273 e. The van der Waals surface area contributed by atoms with Crippen LogP contribution in [0.1, 0.15) is 24.3 Å². The van der Waals surface area contributed by atoms with Crippen molar-refractivity contribution in [1.82, 2.24) is 9.88 Å². The summed E-state index contributed by atoms with van der Waals surface area (Å²) in [5.41, 5.74) is 0.266. The lowest BCUT2D eigenvalue weighted by molar-refractivity contribution is -0.114. The molecule has 2 amide bonds. The zero-order valence-corrected chi connectivity index (χ0v) is 10.7. The second-order valence-electron chi connectivity index (χ2n) is 3.75. The molecule has 0 spiro atoms. The first kappa shape index (κ1) is 13.6. The predicted octanol–water partition coefficient (Wildman–Crippen LogP) is 0.554. The fourth-order valence-corrected chi connectivity index (χ4v) is 1.99. The highest BCUT2D eigenvalue weighted by Crippen LogP contribution is 2.16. The number of anilines is 1. The number of aliphatic hydroxyl groups excluding tert-OH is 1. The van der Waals surface area contributed by atoms with Gasteiger partial charge in [0, 0.05) is 25.9 Å². The van der Waals surface area contributed by atoms with E-state index in [9.17, 15) is 14.7 Å². The Balaban J connectivity index is 2.69. The number of likely N-dealkylation sites (N-methyl/N-ethyl adjacent to an activating group) is 1. The molecule has 0 fully saturated rings. The second-order valence-corrected chi connectivity index (χ2v) is 4.61. The molecule has 1 rings (SSSR count). The van der Waals surface area contributed by atoms with E-state index in [4.69, 9.17) is 0 Å². The Kier molecular flexibility index (Phi) is 4.59. The SMILES string of the molecule is CC(=O)Nc1nc(C(=O)N(C)CC(C)O)cs1. The number of aliphatic hydroxyl groups is 1. The Morgan fingerprint density at radius 2 is 2.29 bits per heavy atom. The zero-order chi connectivity index (χ0) is 13.0. The number of thiazole rings is 1. The van der Waals surface area contributed by atoms with Crippen LogP contribution >= 0.6 is 11.3 Å². The van der Waals surface area contributed by atoms with Crippen LogP contribution in [0.5, 0.6) is 0 Å². The highest BCUT2D eigenvalue weighted by atomic mass is 32.1. The number of carbonyl (C=O) groups excluding carboxylic acids is 2. The quantitative estimate of drug-likeness (QED) is 0.825. The number of hydrogen-bond acceptors (Lipinski definition) is 5. The predicted molar refractivity (Wildman–Crippen MR) is 65.1 cm³/mol. The third-order valence-electron chi connectivity index (χ3n) is 1.89. The summed E-state index contributed by atoms with van der Waals surface area (Å²) in [7, 11) is 1.59. The summed E-state index contributed by atoms with van der Waals surface area (Å²) < 4.78 is 0. The summed E-state index contributed by atoms with van der Waals surface area (Å²) in [5, 5.41) is 13.7. The van der Waals surface area contributed by atoms with Gasteiger partial charge in [-0.2, -0.15) is 0 Å². The fourth-order valence-electron chi connectivity index (χ4n) is 1.25. The van der Waals surface area contributed by atoms with Crippen LogP contribution < -0.4 is 5.32 Å². The molecule has 1 unspecified atom stereocenters. The van der Waals surface area contributed by atoms with Gasteiger partial charge in [-0.25, -0.2) is 4.98 Å². The summed E-state index contributed by atoms with van der Waals surface area (Å²) in [4.78, 5) is 28.0. The van der Waals surface area contributed by atoms with E-state index in [0.717, 1.165) is 0 Å². The van der Waals surface area contributed by atoms with Crippen LogP contribution in [0.3, 0.4) is 0 Å². The van der Waals surface area contributed by atoms with Crippen LogP contribution in [0.2, 0.25) is 0 Å². The molecule has 0 saturated carbocycles. The van der Waals surface area contributed by atoms with Crippen molar-refractivity contribution in [2.45, 2.75) is 20.0 Å². The van der Waals surface area contributed by atoms with Crippen molar-refractivity contribution >= 4 is 28.3 Å². The van der Waals surface area contributed by atoms with E-state index in [0.29, 0.717) is 5.13 Å². The molecule has 1 aromatic heterocycles. The molecule has 7 heteroatoms. The van der Waals surface area contributed by atoms with Crippen molar-refractivity contribution in [2.75, 3.05) is 18.9 Å².